The average molecular weight is 356 g/mol. The minimum absolute atomic E-state index is 0.692. The fourth-order valence-corrected chi connectivity index (χ4v) is 2.05. The minimum Gasteiger partial charge on any atom is -0.252 e. The maximum Gasteiger partial charge on any atom is 0.132 e. The topological polar surface area (TPSA) is 25.8 Å². The maximum atomic E-state index is 4.47. The summed E-state index contributed by atoms with van der Waals surface area (Å²) in [6.45, 7) is 0. The van der Waals surface area contributed by atoms with Crippen LogP contribution in [0.4, 0.5) is 0 Å². The average Bonchev–Trinajstić information content (AvgIpc) is 2.46. The van der Waals surface area contributed by atoms with Gasteiger partial charge in [-0.25, -0.2) is 4.98 Å². The second-order valence-corrected chi connectivity index (χ2v) is 5.25. The Morgan fingerprint density at radius 3 is 2.37 bits per heavy atom. The Bertz CT molecular complexity index is 783. The monoisotopic (exact) mass is 356 g/mol. The standard InChI is InChI=1S/C16H9IN2/c17-13-8-5-12(6-9-13)7-10-14-11-18-15-3-1-2-4-16(15)19-14/h1-6,8-9,11H. The molecule has 0 N–H and O–H groups in total. The highest BCUT2D eigenvalue weighted by atomic mass is 127. The minimum atomic E-state index is 0.692. The Balaban J connectivity index is 1.95. The quantitative estimate of drug-likeness (QED) is 0.454. The summed E-state index contributed by atoms with van der Waals surface area (Å²) in [5.74, 6) is 6.14. The van der Waals surface area contributed by atoms with Crippen LogP contribution >= 0.6 is 22.6 Å². The number of hydrogen-bond acceptors (Lipinski definition) is 2. The maximum absolute atomic E-state index is 4.47. The van der Waals surface area contributed by atoms with Crippen molar-refractivity contribution < 1.29 is 0 Å². The van der Waals surface area contributed by atoms with Crippen LogP contribution in [0.15, 0.2) is 54.7 Å². The van der Waals surface area contributed by atoms with Crippen LogP contribution in [0, 0.1) is 15.4 Å². The van der Waals surface area contributed by atoms with E-state index in [0.29, 0.717) is 5.69 Å². The molecule has 0 saturated carbocycles. The molecule has 0 aliphatic carbocycles. The van der Waals surface area contributed by atoms with Crippen molar-refractivity contribution in [3.8, 4) is 11.8 Å². The third-order valence-electron chi connectivity index (χ3n) is 2.63. The van der Waals surface area contributed by atoms with E-state index >= 15 is 0 Å². The molecule has 2 aromatic carbocycles. The Labute approximate surface area is 125 Å². The molecule has 0 aliphatic rings. The largest absolute Gasteiger partial charge is 0.252 e. The van der Waals surface area contributed by atoms with Crippen molar-refractivity contribution in [2.24, 2.45) is 0 Å². The molecular weight excluding hydrogens is 347 g/mol. The SMILES string of the molecule is Ic1ccc(C#Cc2cnc3ccccc3n2)cc1. The number of hydrogen-bond donors (Lipinski definition) is 0. The van der Waals surface area contributed by atoms with Crippen molar-refractivity contribution in [1.29, 1.82) is 0 Å². The van der Waals surface area contributed by atoms with Crippen molar-refractivity contribution >= 4 is 33.6 Å². The molecule has 2 nitrogen and oxygen atoms in total. The fraction of sp³-hybridized carbons (Fsp3) is 0. The first-order valence-corrected chi connectivity index (χ1v) is 6.88. The van der Waals surface area contributed by atoms with Gasteiger partial charge in [0.2, 0.25) is 0 Å². The van der Waals surface area contributed by atoms with Gasteiger partial charge in [0.25, 0.3) is 0 Å². The van der Waals surface area contributed by atoms with Crippen LogP contribution in [-0.4, -0.2) is 9.97 Å². The van der Waals surface area contributed by atoms with E-state index in [9.17, 15) is 0 Å². The highest BCUT2D eigenvalue weighted by molar-refractivity contribution is 14.1. The third kappa shape index (κ3) is 2.91. The lowest BCUT2D eigenvalue weighted by Crippen LogP contribution is -1.87. The first-order chi connectivity index (χ1) is 9.31. The number of benzene rings is 2. The lowest BCUT2D eigenvalue weighted by atomic mass is 10.2. The predicted octanol–water partition coefficient (Wildman–Crippen LogP) is 3.63. The normalized spacial score (nSPS) is 9.95. The molecule has 0 bridgehead atoms. The molecule has 0 spiro atoms. The van der Waals surface area contributed by atoms with Gasteiger partial charge in [-0.2, -0.15) is 0 Å². The molecule has 1 heterocycles. The highest BCUT2D eigenvalue weighted by Crippen LogP contribution is 2.08. The van der Waals surface area contributed by atoms with Gasteiger partial charge in [0, 0.05) is 9.13 Å². The molecule has 0 aliphatic heterocycles. The van der Waals surface area contributed by atoms with Gasteiger partial charge in [0.1, 0.15) is 5.69 Å². The molecule has 3 heteroatoms. The van der Waals surface area contributed by atoms with Gasteiger partial charge in [-0.1, -0.05) is 18.1 Å². The molecule has 1 aromatic heterocycles. The molecule has 0 saturated heterocycles. The number of nitrogens with zero attached hydrogens (tertiary/aromatic N) is 2. The predicted molar refractivity (Wildman–Crippen MR) is 84.7 cm³/mol. The smallest absolute Gasteiger partial charge is 0.132 e. The summed E-state index contributed by atoms with van der Waals surface area (Å²) in [4.78, 5) is 8.81. The van der Waals surface area contributed by atoms with Crippen molar-refractivity contribution in [3.05, 3.63) is 69.6 Å². The molecule has 3 rings (SSSR count). The van der Waals surface area contributed by atoms with E-state index in [1.165, 1.54) is 3.57 Å². The zero-order valence-electron chi connectivity index (χ0n) is 9.97. The van der Waals surface area contributed by atoms with E-state index in [0.717, 1.165) is 16.6 Å². The lowest BCUT2D eigenvalue weighted by molar-refractivity contribution is 1.26. The van der Waals surface area contributed by atoms with Crippen LogP contribution in [0.1, 0.15) is 11.3 Å². The van der Waals surface area contributed by atoms with E-state index < -0.39 is 0 Å². The van der Waals surface area contributed by atoms with Crippen LogP contribution in [-0.2, 0) is 0 Å². The van der Waals surface area contributed by atoms with Gasteiger partial charge in [-0.15, -0.1) is 0 Å². The van der Waals surface area contributed by atoms with Crippen LogP contribution in [0.2, 0.25) is 0 Å². The summed E-state index contributed by atoms with van der Waals surface area (Å²) in [6.07, 6.45) is 1.71. The lowest BCUT2D eigenvalue weighted by Gasteiger charge is -1.95. The third-order valence-corrected chi connectivity index (χ3v) is 3.35. The zero-order chi connectivity index (χ0) is 13.1. The zero-order valence-corrected chi connectivity index (χ0v) is 12.1. The van der Waals surface area contributed by atoms with Gasteiger partial charge in [0.15, 0.2) is 0 Å². The molecule has 0 fully saturated rings. The Morgan fingerprint density at radius 2 is 1.58 bits per heavy atom. The molecular formula is C16H9IN2. The number of para-hydroxylation sites is 2. The summed E-state index contributed by atoms with van der Waals surface area (Å²) >= 11 is 2.28. The van der Waals surface area contributed by atoms with Crippen LogP contribution in [0.5, 0.6) is 0 Å². The molecule has 0 unspecified atom stereocenters. The van der Waals surface area contributed by atoms with Crippen LogP contribution in [0.25, 0.3) is 11.0 Å². The first-order valence-electron chi connectivity index (χ1n) is 5.81. The molecule has 0 atom stereocenters. The summed E-state index contributed by atoms with van der Waals surface area (Å²) in [5, 5.41) is 0. The fourth-order valence-electron chi connectivity index (χ4n) is 1.69. The first kappa shape index (κ1) is 12.1. The van der Waals surface area contributed by atoms with E-state index in [1.54, 1.807) is 6.20 Å². The van der Waals surface area contributed by atoms with Gasteiger partial charge >= 0.3 is 0 Å². The van der Waals surface area contributed by atoms with Gasteiger partial charge < -0.3 is 0 Å². The number of fused-ring (bicyclic) bond motifs is 1. The summed E-state index contributed by atoms with van der Waals surface area (Å²) in [6, 6.07) is 15.9. The Hall–Kier alpha value is -1.93. The van der Waals surface area contributed by atoms with Crippen LogP contribution in [0.3, 0.4) is 0 Å². The number of halogens is 1. The Kier molecular flexibility index (Phi) is 3.43. The van der Waals surface area contributed by atoms with Crippen LogP contribution < -0.4 is 0 Å². The Morgan fingerprint density at radius 1 is 0.842 bits per heavy atom. The highest BCUT2D eigenvalue weighted by Gasteiger charge is 1.95. The molecule has 19 heavy (non-hydrogen) atoms. The molecule has 3 aromatic rings. The molecule has 0 radical (unpaired) electrons. The summed E-state index contributed by atoms with van der Waals surface area (Å²) < 4.78 is 1.20. The molecule has 90 valence electrons. The second kappa shape index (κ2) is 5.37. The van der Waals surface area contributed by atoms with E-state index in [1.807, 2.05) is 48.5 Å². The number of rotatable bonds is 0. The van der Waals surface area contributed by atoms with Crippen molar-refractivity contribution in [2.45, 2.75) is 0 Å². The van der Waals surface area contributed by atoms with E-state index in [4.69, 9.17) is 0 Å². The summed E-state index contributed by atoms with van der Waals surface area (Å²) in [7, 11) is 0. The van der Waals surface area contributed by atoms with Crippen molar-refractivity contribution in [3.63, 3.8) is 0 Å². The van der Waals surface area contributed by atoms with Gasteiger partial charge in [0.05, 0.1) is 17.2 Å². The number of aromatic nitrogens is 2. The van der Waals surface area contributed by atoms with Gasteiger partial charge in [-0.3, -0.25) is 4.98 Å². The van der Waals surface area contributed by atoms with Gasteiger partial charge in [-0.05, 0) is 64.9 Å². The van der Waals surface area contributed by atoms with E-state index in [2.05, 4.69) is 44.4 Å². The van der Waals surface area contributed by atoms with Crippen molar-refractivity contribution in [1.82, 2.24) is 9.97 Å². The summed E-state index contributed by atoms with van der Waals surface area (Å²) in [5.41, 5.74) is 3.44. The van der Waals surface area contributed by atoms with Crippen molar-refractivity contribution in [2.75, 3.05) is 0 Å². The second-order valence-electron chi connectivity index (χ2n) is 4.00. The molecule has 0 amide bonds. The van der Waals surface area contributed by atoms with E-state index in [-0.39, 0.29) is 0 Å².